The molecule has 1 fully saturated rings. The van der Waals surface area contributed by atoms with Crippen LogP contribution >= 0.6 is 0 Å². The first-order chi connectivity index (χ1) is 13.1. The number of benzene rings is 2. The van der Waals surface area contributed by atoms with Crippen LogP contribution in [0.15, 0.2) is 48.5 Å². The molecular weight excluding hydrogens is 334 g/mol. The van der Waals surface area contributed by atoms with E-state index in [1.807, 2.05) is 6.07 Å². The molecule has 27 heavy (non-hydrogen) atoms. The fourth-order valence-electron chi connectivity index (χ4n) is 4.09. The van der Waals surface area contributed by atoms with Crippen molar-refractivity contribution in [2.45, 2.75) is 26.2 Å². The number of rotatable bonds is 5. The summed E-state index contributed by atoms with van der Waals surface area (Å²) in [6, 6.07) is 16.7. The van der Waals surface area contributed by atoms with Crippen LogP contribution in [0.25, 0.3) is 22.0 Å². The van der Waals surface area contributed by atoms with E-state index in [4.69, 9.17) is 5.73 Å². The largest absolute Gasteiger partial charge is 0.351 e. The fraction of sp³-hybridized carbons (Fsp3) is 0.348. The second-order valence-corrected chi connectivity index (χ2v) is 7.84. The lowest BCUT2D eigenvalue weighted by Gasteiger charge is -2.11. The SMILES string of the molecule is Cc1ccc(-c2ccc3cc(C(=O)NC[C@H]4CC[C@H](CN)C4)[nH]c3c2)cc1. The highest BCUT2D eigenvalue weighted by molar-refractivity contribution is 5.98. The number of nitrogens with two attached hydrogens (primary N) is 1. The summed E-state index contributed by atoms with van der Waals surface area (Å²) in [5.41, 5.74) is 10.9. The van der Waals surface area contributed by atoms with Crippen LogP contribution in [-0.2, 0) is 0 Å². The lowest BCUT2D eigenvalue weighted by atomic mass is 10.0. The van der Waals surface area contributed by atoms with Gasteiger partial charge in [-0.2, -0.15) is 0 Å². The molecular formula is C23H27N3O. The van der Waals surface area contributed by atoms with E-state index in [0.717, 1.165) is 42.4 Å². The number of aryl methyl sites for hydroxylation is 1. The predicted octanol–water partition coefficient (Wildman–Crippen LogP) is 4.25. The van der Waals surface area contributed by atoms with E-state index in [1.165, 1.54) is 17.5 Å². The van der Waals surface area contributed by atoms with Gasteiger partial charge in [0.1, 0.15) is 5.69 Å². The lowest BCUT2D eigenvalue weighted by Crippen LogP contribution is -2.28. The Hall–Kier alpha value is -2.59. The molecule has 1 aliphatic carbocycles. The third kappa shape index (κ3) is 3.91. The molecule has 2 aromatic carbocycles. The molecule has 0 bridgehead atoms. The third-order valence-electron chi connectivity index (χ3n) is 5.79. The van der Waals surface area contributed by atoms with Crippen molar-refractivity contribution >= 4 is 16.8 Å². The minimum Gasteiger partial charge on any atom is -0.351 e. The summed E-state index contributed by atoms with van der Waals surface area (Å²) >= 11 is 0. The van der Waals surface area contributed by atoms with Gasteiger partial charge in [-0.05, 0) is 67.8 Å². The predicted molar refractivity (Wildman–Crippen MR) is 111 cm³/mol. The van der Waals surface area contributed by atoms with Gasteiger partial charge < -0.3 is 16.0 Å². The van der Waals surface area contributed by atoms with Crippen LogP contribution in [0.3, 0.4) is 0 Å². The maximum atomic E-state index is 12.5. The Morgan fingerprint density at radius 1 is 1.07 bits per heavy atom. The van der Waals surface area contributed by atoms with Gasteiger partial charge in [-0.15, -0.1) is 0 Å². The minimum absolute atomic E-state index is 0.0284. The molecule has 4 N–H and O–H groups in total. The zero-order valence-corrected chi connectivity index (χ0v) is 15.8. The molecule has 2 atom stereocenters. The van der Waals surface area contributed by atoms with Crippen molar-refractivity contribution in [1.82, 2.24) is 10.3 Å². The molecule has 0 unspecified atom stereocenters. The number of aromatic amines is 1. The normalized spacial score (nSPS) is 19.5. The van der Waals surface area contributed by atoms with Crippen LogP contribution in [-0.4, -0.2) is 24.0 Å². The summed E-state index contributed by atoms with van der Waals surface area (Å²) in [5, 5.41) is 4.14. The number of hydrogen-bond acceptors (Lipinski definition) is 2. The first-order valence-electron chi connectivity index (χ1n) is 9.80. The highest BCUT2D eigenvalue weighted by Gasteiger charge is 2.24. The molecule has 0 aliphatic heterocycles. The molecule has 4 nitrogen and oxygen atoms in total. The van der Waals surface area contributed by atoms with E-state index in [0.29, 0.717) is 17.5 Å². The Morgan fingerprint density at radius 2 is 1.81 bits per heavy atom. The van der Waals surface area contributed by atoms with Crippen molar-refractivity contribution in [3.63, 3.8) is 0 Å². The monoisotopic (exact) mass is 361 g/mol. The lowest BCUT2D eigenvalue weighted by molar-refractivity contribution is 0.0943. The molecule has 4 heteroatoms. The molecule has 1 heterocycles. The summed E-state index contributed by atoms with van der Waals surface area (Å²) in [7, 11) is 0. The van der Waals surface area contributed by atoms with Crippen molar-refractivity contribution in [2.75, 3.05) is 13.1 Å². The minimum atomic E-state index is -0.0284. The Kier molecular flexibility index (Phi) is 4.99. The fourth-order valence-corrected chi connectivity index (χ4v) is 4.09. The van der Waals surface area contributed by atoms with Crippen molar-refractivity contribution in [2.24, 2.45) is 17.6 Å². The van der Waals surface area contributed by atoms with Crippen molar-refractivity contribution in [3.05, 3.63) is 59.8 Å². The van der Waals surface area contributed by atoms with Crippen LogP contribution in [0.2, 0.25) is 0 Å². The topological polar surface area (TPSA) is 70.9 Å². The van der Waals surface area contributed by atoms with Gasteiger partial charge >= 0.3 is 0 Å². The summed E-state index contributed by atoms with van der Waals surface area (Å²) in [6.45, 7) is 3.58. The molecule has 0 radical (unpaired) electrons. The summed E-state index contributed by atoms with van der Waals surface area (Å²) < 4.78 is 0. The Labute approximate surface area is 160 Å². The van der Waals surface area contributed by atoms with Gasteiger partial charge in [-0.1, -0.05) is 42.0 Å². The van der Waals surface area contributed by atoms with Crippen LogP contribution in [0, 0.1) is 18.8 Å². The van der Waals surface area contributed by atoms with E-state index >= 15 is 0 Å². The maximum absolute atomic E-state index is 12.5. The van der Waals surface area contributed by atoms with Crippen molar-refractivity contribution < 1.29 is 4.79 Å². The molecule has 1 amide bonds. The summed E-state index contributed by atoms with van der Waals surface area (Å²) in [6.07, 6.45) is 3.48. The van der Waals surface area contributed by atoms with E-state index in [2.05, 4.69) is 59.7 Å². The Balaban J connectivity index is 1.46. The van der Waals surface area contributed by atoms with Gasteiger partial charge in [0.15, 0.2) is 0 Å². The molecule has 1 saturated carbocycles. The number of aromatic nitrogens is 1. The maximum Gasteiger partial charge on any atom is 0.267 e. The first kappa shape index (κ1) is 17.8. The highest BCUT2D eigenvalue weighted by atomic mass is 16.1. The molecule has 0 saturated heterocycles. The van der Waals surface area contributed by atoms with Crippen LogP contribution in [0.1, 0.15) is 35.3 Å². The van der Waals surface area contributed by atoms with Crippen molar-refractivity contribution in [3.8, 4) is 11.1 Å². The molecule has 4 rings (SSSR count). The quantitative estimate of drug-likeness (QED) is 0.636. The van der Waals surface area contributed by atoms with Crippen LogP contribution in [0.5, 0.6) is 0 Å². The second-order valence-electron chi connectivity index (χ2n) is 7.84. The van der Waals surface area contributed by atoms with Gasteiger partial charge in [0, 0.05) is 17.4 Å². The smallest absolute Gasteiger partial charge is 0.267 e. The molecule has 1 aliphatic rings. The Bertz CT molecular complexity index is 942. The average Bonchev–Trinajstić information content (AvgIpc) is 3.32. The van der Waals surface area contributed by atoms with Gasteiger partial charge in [-0.25, -0.2) is 0 Å². The summed E-state index contributed by atoms with van der Waals surface area (Å²) in [4.78, 5) is 15.8. The van der Waals surface area contributed by atoms with E-state index in [-0.39, 0.29) is 5.91 Å². The van der Waals surface area contributed by atoms with Crippen LogP contribution in [0.4, 0.5) is 0 Å². The molecule has 3 aromatic rings. The zero-order chi connectivity index (χ0) is 18.8. The number of amides is 1. The number of carbonyl (C=O) groups excluding carboxylic acids is 1. The molecule has 0 spiro atoms. The number of carbonyl (C=O) groups is 1. The number of hydrogen-bond donors (Lipinski definition) is 3. The average molecular weight is 361 g/mol. The van der Waals surface area contributed by atoms with Crippen molar-refractivity contribution in [1.29, 1.82) is 0 Å². The van der Waals surface area contributed by atoms with Gasteiger partial charge in [-0.3, -0.25) is 4.79 Å². The van der Waals surface area contributed by atoms with Gasteiger partial charge in [0.05, 0.1) is 0 Å². The summed E-state index contributed by atoms with van der Waals surface area (Å²) in [5.74, 6) is 1.15. The van der Waals surface area contributed by atoms with Crippen LogP contribution < -0.4 is 11.1 Å². The first-order valence-corrected chi connectivity index (χ1v) is 9.80. The number of nitrogens with one attached hydrogen (secondary N) is 2. The third-order valence-corrected chi connectivity index (χ3v) is 5.79. The number of H-pyrrole nitrogens is 1. The zero-order valence-electron chi connectivity index (χ0n) is 15.8. The molecule has 1 aromatic heterocycles. The molecule has 140 valence electrons. The Morgan fingerprint density at radius 3 is 2.56 bits per heavy atom. The number of fused-ring (bicyclic) bond motifs is 1. The van der Waals surface area contributed by atoms with Gasteiger partial charge in [0.2, 0.25) is 0 Å². The van der Waals surface area contributed by atoms with E-state index in [1.54, 1.807) is 0 Å². The van der Waals surface area contributed by atoms with E-state index in [9.17, 15) is 4.79 Å². The van der Waals surface area contributed by atoms with Gasteiger partial charge in [0.25, 0.3) is 5.91 Å². The second kappa shape index (κ2) is 7.57. The van der Waals surface area contributed by atoms with E-state index < -0.39 is 0 Å². The standard InChI is InChI=1S/C23H27N3O/c1-15-2-6-18(7-3-15)19-8-9-20-12-22(26-21(20)11-19)23(27)25-14-17-5-4-16(10-17)13-24/h2-3,6-9,11-12,16-17,26H,4-5,10,13-14,24H2,1H3,(H,25,27)/t16-,17-/m0/s1. The highest BCUT2D eigenvalue weighted by Crippen LogP contribution is 2.29.